The summed E-state index contributed by atoms with van der Waals surface area (Å²) in [5.41, 5.74) is 5.06. The van der Waals surface area contributed by atoms with Crippen molar-refractivity contribution in [2.75, 3.05) is 20.2 Å². The lowest BCUT2D eigenvalue weighted by Crippen LogP contribution is -2.56. The zero-order valence-corrected chi connectivity index (χ0v) is 9.95. The molecule has 1 fully saturated rings. The van der Waals surface area contributed by atoms with E-state index < -0.39 is 5.54 Å². The molecule has 88 valence electrons. The molecule has 0 aromatic rings. The minimum absolute atomic E-state index is 0.309. The van der Waals surface area contributed by atoms with Crippen LogP contribution in [0.5, 0.6) is 0 Å². The molecule has 0 bridgehead atoms. The lowest BCUT2D eigenvalue weighted by molar-refractivity contribution is -0.149. The van der Waals surface area contributed by atoms with Gasteiger partial charge in [0.1, 0.15) is 5.54 Å². The monoisotopic (exact) mass is 214 g/mol. The highest BCUT2D eigenvalue weighted by molar-refractivity contribution is 5.80. The highest BCUT2D eigenvalue weighted by Crippen LogP contribution is 2.24. The standard InChI is InChI=1S/C11H22N2O2/c1-4-15-10(14)11(2,12)8-13(3)9-6-5-7-9/h9H,4-8,12H2,1-3H3. The second kappa shape index (κ2) is 4.94. The molecule has 0 aliphatic heterocycles. The van der Waals surface area contributed by atoms with Gasteiger partial charge in [-0.3, -0.25) is 4.79 Å². The smallest absolute Gasteiger partial charge is 0.327 e. The molecule has 1 unspecified atom stereocenters. The van der Waals surface area contributed by atoms with Gasteiger partial charge in [-0.1, -0.05) is 6.42 Å². The first kappa shape index (κ1) is 12.5. The van der Waals surface area contributed by atoms with E-state index in [1.165, 1.54) is 19.3 Å². The highest BCUT2D eigenvalue weighted by atomic mass is 16.5. The van der Waals surface area contributed by atoms with Gasteiger partial charge >= 0.3 is 5.97 Å². The molecule has 1 aliphatic carbocycles. The average molecular weight is 214 g/mol. The molecule has 0 aromatic heterocycles. The Bertz CT molecular complexity index is 225. The maximum Gasteiger partial charge on any atom is 0.327 e. The molecule has 1 saturated carbocycles. The van der Waals surface area contributed by atoms with Crippen LogP contribution < -0.4 is 5.73 Å². The number of rotatable bonds is 5. The average Bonchev–Trinajstić information content (AvgIpc) is 1.99. The van der Waals surface area contributed by atoms with E-state index in [1.807, 2.05) is 7.05 Å². The van der Waals surface area contributed by atoms with E-state index >= 15 is 0 Å². The van der Waals surface area contributed by atoms with Crippen LogP contribution >= 0.6 is 0 Å². The Morgan fingerprint density at radius 2 is 2.20 bits per heavy atom. The van der Waals surface area contributed by atoms with Crippen LogP contribution in [0.2, 0.25) is 0 Å². The van der Waals surface area contributed by atoms with Gasteiger partial charge < -0.3 is 15.4 Å². The van der Waals surface area contributed by atoms with Crippen LogP contribution in [-0.2, 0) is 9.53 Å². The van der Waals surface area contributed by atoms with Crippen molar-refractivity contribution in [2.24, 2.45) is 5.73 Å². The number of hydrogen-bond acceptors (Lipinski definition) is 4. The van der Waals surface area contributed by atoms with Crippen LogP contribution in [0.4, 0.5) is 0 Å². The number of esters is 1. The first-order valence-corrected chi connectivity index (χ1v) is 5.63. The minimum atomic E-state index is -0.889. The SMILES string of the molecule is CCOC(=O)C(C)(N)CN(C)C1CCC1. The third-order valence-corrected chi connectivity index (χ3v) is 3.02. The number of carbonyl (C=O) groups excluding carboxylic acids is 1. The lowest BCUT2D eigenvalue weighted by Gasteiger charge is -2.38. The Hall–Kier alpha value is -0.610. The number of nitrogens with two attached hydrogens (primary N) is 1. The maximum absolute atomic E-state index is 11.6. The molecule has 4 heteroatoms. The van der Waals surface area contributed by atoms with Crippen molar-refractivity contribution >= 4 is 5.97 Å². The summed E-state index contributed by atoms with van der Waals surface area (Å²) in [5, 5.41) is 0. The summed E-state index contributed by atoms with van der Waals surface area (Å²) in [6.07, 6.45) is 3.72. The van der Waals surface area contributed by atoms with Gasteiger partial charge in [0.15, 0.2) is 0 Å². The van der Waals surface area contributed by atoms with E-state index in [-0.39, 0.29) is 5.97 Å². The van der Waals surface area contributed by atoms with E-state index in [0.29, 0.717) is 19.2 Å². The van der Waals surface area contributed by atoms with Crippen LogP contribution in [0, 0.1) is 0 Å². The van der Waals surface area contributed by atoms with E-state index in [1.54, 1.807) is 13.8 Å². The molecular weight excluding hydrogens is 192 g/mol. The fourth-order valence-electron chi connectivity index (χ4n) is 1.84. The third-order valence-electron chi connectivity index (χ3n) is 3.02. The molecule has 0 saturated heterocycles. The topological polar surface area (TPSA) is 55.6 Å². The highest BCUT2D eigenvalue weighted by Gasteiger charge is 2.34. The van der Waals surface area contributed by atoms with Gasteiger partial charge in [-0.2, -0.15) is 0 Å². The number of likely N-dealkylation sites (N-methyl/N-ethyl adjacent to an activating group) is 1. The summed E-state index contributed by atoms with van der Waals surface area (Å²) in [6, 6.07) is 0.599. The second-order valence-corrected chi connectivity index (χ2v) is 4.64. The second-order valence-electron chi connectivity index (χ2n) is 4.64. The van der Waals surface area contributed by atoms with Gasteiger partial charge in [0.25, 0.3) is 0 Å². The molecule has 1 aliphatic rings. The van der Waals surface area contributed by atoms with Crippen molar-refractivity contribution in [1.29, 1.82) is 0 Å². The molecule has 0 radical (unpaired) electrons. The quantitative estimate of drug-likeness (QED) is 0.686. The van der Waals surface area contributed by atoms with Crippen LogP contribution in [0.15, 0.2) is 0 Å². The number of ether oxygens (including phenoxy) is 1. The fourth-order valence-corrected chi connectivity index (χ4v) is 1.84. The van der Waals surface area contributed by atoms with Crippen molar-refractivity contribution in [1.82, 2.24) is 4.90 Å². The van der Waals surface area contributed by atoms with Crippen LogP contribution in [0.1, 0.15) is 33.1 Å². The molecular formula is C11H22N2O2. The van der Waals surface area contributed by atoms with Gasteiger partial charge in [-0.15, -0.1) is 0 Å². The molecule has 0 spiro atoms. The normalized spacial score (nSPS) is 20.9. The van der Waals surface area contributed by atoms with Crippen LogP contribution in [0.25, 0.3) is 0 Å². The summed E-state index contributed by atoms with van der Waals surface area (Å²) in [5.74, 6) is -0.309. The maximum atomic E-state index is 11.6. The third kappa shape index (κ3) is 3.18. The molecule has 1 rings (SSSR count). The predicted molar refractivity (Wildman–Crippen MR) is 59.5 cm³/mol. The van der Waals surface area contributed by atoms with Crippen molar-refractivity contribution in [3.63, 3.8) is 0 Å². The summed E-state index contributed by atoms with van der Waals surface area (Å²) < 4.78 is 4.95. The summed E-state index contributed by atoms with van der Waals surface area (Å²) in [6.45, 7) is 4.49. The zero-order chi connectivity index (χ0) is 11.5. The molecule has 0 aromatic carbocycles. The molecule has 2 N–H and O–H groups in total. The molecule has 1 atom stereocenters. The van der Waals surface area contributed by atoms with E-state index in [9.17, 15) is 4.79 Å². The van der Waals surface area contributed by atoms with Gasteiger partial charge in [-0.25, -0.2) is 0 Å². The Balaban J connectivity index is 2.42. The molecule has 15 heavy (non-hydrogen) atoms. The van der Waals surface area contributed by atoms with Crippen LogP contribution in [0.3, 0.4) is 0 Å². The van der Waals surface area contributed by atoms with Gasteiger partial charge in [-0.05, 0) is 33.7 Å². The van der Waals surface area contributed by atoms with Crippen molar-refractivity contribution < 1.29 is 9.53 Å². The molecule has 0 heterocycles. The van der Waals surface area contributed by atoms with E-state index in [2.05, 4.69) is 4.90 Å². The predicted octanol–water partition coefficient (Wildman–Crippen LogP) is 0.751. The summed E-state index contributed by atoms with van der Waals surface area (Å²) >= 11 is 0. The number of carbonyl (C=O) groups is 1. The Labute approximate surface area is 91.8 Å². The van der Waals surface area contributed by atoms with Crippen molar-refractivity contribution in [3.8, 4) is 0 Å². The number of nitrogens with zero attached hydrogens (tertiary/aromatic N) is 1. The Morgan fingerprint density at radius 3 is 2.60 bits per heavy atom. The fraction of sp³-hybridized carbons (Fsp3) is 0.909. The minimum Gasteiger partial charge on any atom is -0.465 e. The van der Waals surface area contributed by atoms with E-state index in [4.69, 9.17) is 10.5 Å². The van der Waals surface area contributed by atoms with Gasteiger partial charge in [0, 0.05) is 12.6 Å². The Kier molecular flexibility index (Phi) is 4.11. The molecule has 4 nitrogen and oxygen atoms in total. The van der Waals surface area contributed by atoms with Gasteiger partial charge in [0.05, 0.1) is 6.61 Å². The summed E-state index contributed by atoms with van der Waals surface area (Å²) in [4.78, 5) is 13.7. The van der Waals surface area contributed by atoms with Gasteiger partial charge in [0.2, 0.25) is 0 Å². The van der Waals surface area contributed by atoms with Crippen molar-refractivity contribution in [2.45, 2.75) is 44.7 Å². The van der Waals surface area contributed by atoms with Crippen LogP contribution in [-0.4, -0.2) is 42.6 Å². The van der Waals surface area contributed by atoms with Crippen molar-refractivity contribution in [3.05, 3.63) is 0 Å². The largest absolute Gasteiger partial charge is 0.465 e. The first-order valence-electron chi connectivity index (χ1n) is 5.63. The molecule has 0 amide bonds. The van der Waals surface area contributed by atoms with E-state index in [0.717, 1.165) is 0 Å². The lowest BCUT2D eigenvalue weighted by atomic mass is 9.90. The zero-order valence-electron chi connectivity index (χ0n) is 9.95. The Morgan fingerprint density at radius 1 is 1.60 bits per heavy atom. The number of hydrogen-bond donors (Lipinski definition) is 1. The summed E-state index contributed by atoms with van der Waals surface area (Å²) in [7, 11) is 2.02. The first-order chi connectivity index (χ1) is 6.97.